The molecule has 2 aliphatic rings. The standard InChI is InChI=1S/C15H25N3O/c1-18(14-5-3-2-4-6-14)11-15-9-13(17-19-15)10-16-12-7-8-12/h9,12,14,16H,2-8,10-11H2,1H3. The Kier molecular flexibility index (Phi) is 4.18. The SMILES string of the molecule is CN(Cc1cc(CNC2CC2)no1)C1CCCCC1. The molecule has 0 bridgehead atoms. The molecule has 4 heteroatoms. The summed E-state index contributed by atoms with van der Waals surface area (Å²) in [7, 11) is 2.21. The first-order chi connectivity index (χ1) is 9.31. The maximum Gasteiger partial charge on any atom is 0.151 e. The molecule has 0 aromatic carbocycles. The topological polar surface area (TPSA) is 41.3 Å². The molecule has 106 valence electrons. The lowest BCUT2D eigenvalue weighted by Gasteiger charge is -2.30. The lowest BCUT2D eigenvalue weighted by atomic mass is 9.94. The van der Waals surface area contributed by atoms with E-state index >= 15 is 0 Å². The summed E-state index contributed by atoms with van der Waals surface area (Å²) in [5.74, 6) is 1.00. The van der Waals surface area contributed by atoms with Crippen LogP contribution < -0.4 is 5.32 Å². The third kappa shape index (κ3) is 3.80. The Morgan fingerprint density at radius 1 is 1.26 bits per heavy atom. The summed E-state index contributed by atoms with van der Waals surface area (Å²) >= 11 is 0. The van der Waals surface area contributed by atoms with Gasteiger partial charge in [-0.3, -0.25) is 4.90 Å². The Balaban J connectivity index is 1.47. The van der Waals surface area contributed by atoms with Gasteiger partial charge in [0.05, 0.1) is 12.2 Å². The lowest BCUT2D eigenvalue weighted by molar-refractivity contribution is 0.167. The minimum atomic E-state index is 0.727. The van der Waals surface area contributed by atoms with Crippen LogP contribution in [0.1, 0.15) is 56.4 Å². The summed E-state index contributed by atoms with van der Waals surface area (Å²) in [5.41, 5.74) is 1.04. The van der Waals surface area contributed by atoms with Crippen molar-refractivity contribution in [1.82, 2.24) is 15.4 Å². The first-order valence-corrected chi connectivity index (χ1v) is 7.69. The second-order valence-corrected chi connectivity index (χ2v) is 6.15. The molecule has 2 saturated carbocycles. The van der Waals surface area contributed by atoms with Crippen molar-refractivity contribution in [3.63, 3.8) is 0 Å². The Hall–Kier alpha value is -0.870. The van der Waals surface area contributed by atoms with E-state index in [-0.39, 0.29) is 0 Å². The summed E-state index contributed by atoms with van der Waals surface area (Å²) < 4.78 is 5.45. The lowest BCUT2D eigenvalue weighted by Crippen LogP contribution is -2.32. The van der Waals surface area contributed by atoms with Crippen LogP contribution in [0.5, 0.6) is 0 Å². The van der Waals surface area contributed by atoms with Gasteiger partial charge in [-0.2, -0.15) is 0 Å². The molecule has 0 radical (unpaired) electrons. The molecule has 0 unspecified atom stereocenters. The summed E-state index contributed by atoms with van der Waals surface area (Å²) in [6.07, 6.45) is 9.46. The van der Waals surface area contributed by atoms with Gasteiger partial charge in [0.25, 0.3) is 0 Å². The molecule has 0 saturated heterocycles. The molecular weight excluding hydrogens is 238 g/mol. The Labute approximate surface area is 115 Å². The van der Waals surface area contributed by atoms with E-state index in [1.165, 1.54) is 44.9 Å². The predicted molar refractivity (Wildman–Crippen MR) is 74.7 cm³/mol. The first kappa shape index (κ1) is 13.1. The molecule has 19 heavy (non-hydrogen) atoms. The quantitative estimate of drug-likeness (QED) is 0.857. The molecule has 1 aromatic heterocycles. The molecule has 1 heterocycles. The van der Waals surface area contributed by atoms with Gasteiger partial charge < -0.3 is 9.84 Å². The highest BCUT2D eigenvalue weighted by Crippen LogP contribution is 2.23. The summed E-state index contributed by atoms with van der Waals surface area (Å²) in [5, 5.41) is 7.62. The van der Waals surface area contributed by atoms with Crippen molar-refractivity contribution in [2.24, 2.45) is 0 Å². The van der Waals surface area contributed by atoms with Crippen LogP contribution in [-0.4, -0.2) is 29.2 Å². The van der Waals surface area contributed by atoms with E-state index in [9.17, 15) is 0 Å². The largest absolute Gasteiger partial charge is 0.360 e. The van der Waals surface area contributed by atoms with Crippen LogP contribution in [0.2, 0.25) is 0 Å². The molecule has 1 N–H and O–H groups in total. The van der Waals surface area contributed by atoms with Crippen LogP contribution in [0.15, 0.2) is 10.6 Å². The van der Waals surface area contributed by atoms with Crippen LogP contribution in [-0.2, 0) is 13.1 Å². The summed E-state index contributed by atoms with van der Waals surface area (Å²) in [4.78, 5) is 2.43. The zero-order valence-electron chi connectivity index (χ0n) is 11.9. The van der Waals surface area contributed by atoms with E-state index in [4.69, 9.17) is 4.52 Å². The van der Waals surface area contributed by atoms with Gasteiger partial charge in [0, 0.05) is 24.7 Å². The van der Waals surface area contributed by atoms with E-state index in [2.05, 4.69) is 28.5 Å². The summed E-state index contributed by atoms with van der Waals surface area (Å²) in [6, 6.07) is 3.56. The van der Waals surface area contributed by atoms with E-state index in [1.54, 1.807) is 0 Å². The van der Waals surface area contributed by atoms with Crippen molar-refractivity contribution in [2.75, 3.05) is 7.05 Å². The van der Waals surface area contributed by atoms with Gasteiger partial charge in [-0.1, -0.05) is 24.4 Å². The molecule has 2 fully saturated rings. The van der Waals surface area contributed by atoms with Gasteiger partial charge in [0.1, 0.15) is 0 Å². The second kappa shape index (κ2) is 6.06. The minimum absolute atomic E-state index is 0.727. The molecule has 3 rings (SSSR count). The van der Waals surface area contributed by atoms with E-state index in [1.807, 2.05) is 0 Å². The predicted octanol–water partition coefficient (Wildman–Crippen LogP) is 2.69. The monoisotopic (exact) mass is 263 g/mol. The van der Waals surface area contributed by atoms with Gasteiger partial charge >= 0.3 is 0 Å². The van der Waals surface area contributed by atoms with E-state index in [0.717, 1.165) is 36.6 Å². The molecular formula is C15H25N3O. The number of aromatic nitrogens is 1. The number of nitrogens with one attached hydrogen (secondary N) is 1. The van der Waals surface area contributed by atoms with Crippen LogP contribution in [0.3, 0.4) is 0 Å². The highest BCUT2D eigenvalue weighted by atomic mass is 16.5. The highest BCUT2D eigenvalue weighted by Gasteiger charge is 2.21. The zero-order valence-corrected chi connectivity index (χ0v) is 11.9. The minimum Gasteiger partial charge on any atom is -0.360 e. The van der Waals surface area contributed by atoms with E-state index in [0.29, 0.717) is 0 Å². The Morgan fingerprint density at radius 3 is 2.79 bits per heavy atom. The second-order valence-electron chi connectivity index (χ2n) is 6.15. The number of hydrogen-bond donors (Lipinski definition) is 1. The van der Waals surface area contributed by atoms with Crippen molar-refractivity contribution < 1.29 is 4.52 Å². The fourth-order valence-corrected chi connectivity index (χ4v) is 2.95. The van der Waals surface area contributed by atoms with Crippen LogP contribution in [0, 0.1) is 0 Å². The normalized spacial score (nSPS) is 21.2. The molecule has 2 aliphatic carbocycles. The average Bonchev–Trinajstić information content (AvgIpc) is 3.17. The van der Waals surface area contributed by atoms with Crippen LogP contribution in [0.4, 0.5) is 0 Å². The Bertz CT molecular complexity index is 394. The fourth-order valence-electron chi connectivity index (χ4n) is 2.95. The molecule has 0 atom stereocenters. The number of hydrogen-bond acceptors (Lipinski definition) is 4. The maximum atomic E-state index is 5.45. The number of rotatable bonds is 6. The fraction of sp³-hybridized carbons (Fsp3) is 0.800. The third-order valence-corrected chi connectivity index (χ3v) is 4.36. The highest BCUT2D eigenvalue weighted by molar-refractivity contribution is 5.06. The van der Waals surface area contributed by atoms with Gasteiger partial charge in [0.2, 0.25) is 0 Å². The molecule has 4 nitrogen and oxygen atoms in total. The third-order valence-electron chi connectivity index (χ3n) is 4.36. The van der Waals surface area contributed by atoms with Crippen LogP contribution in [0.25, 0.3) is 0 Å². The molecule has 0 spiro atoms. The Morgan fingerprint density at radius 2 is 2.05 bits per heavy atom. The maximum absolute atomic E-state index is 5.45. The smallest absolute Gasteiger partial charge is 0.151 e. The van der Waals surface area contributed by atoms with Crippen molar-refractivity contribution in [1.29, 1.82) is 0 Å². The van der Waals surface area contributed by atoms with Crippen molar-refractivity contribution in [3.8, 4) is 0 Å². The zero-order chi connectivity index (χ0) is 13.1. The van der Waals surface area contributed by atoms with Gasteiger partial charge in [0.15, 0.2) is 5.76 Å². The number of nitrogens with zero attached hydrogens (tertiary/aromatic N) is 2. The molecule has 1 aromatic rings. The van der Waals surface area contributed by atoms with Crippen molar-refractivity contribution in [2.45, 2.75) is 70.1 Å². The van der Waals surface area contributed by atoms with Gasteiger partial charge in [-0.15, -0.1) is 0 Å². The summed E-state index contributed by atoms with van der Waals surface area (Å²) in [6.45, 7) is 1.74. The van der Waals surface area contributed by atoms with Crippen molar-refractivity contribution >= 4 is 0 Å². The average molecular weight is 263 g/mol. The first-order valence-electron chi connectivity index (χ1n) is 7.69. The van der Waals surface area contributed by atoms with Crippen molar-refractivity contribution in [3.05, 3.63) is 17.5 Å². The van der Waals surface area contributed by atoms with Crippen LogP contribution >= 0.6 is 0 Å². The van der Waals surface area contributed by atoms with Gasteiger partial charge in [-0.25, -0.2) is 0 Å². The molecule has 0 aliphatic heterocycles. The molecule has 0 amide bonds. The van der Waals surface area contributed by atoms with E-state index < -0.39 is 0 Å². The van der Waals surface area contributed by atoms with Gasteiger partial charge in [-0.05, 0) is 32.7 Å².